The van der Waals surface area contributed by atoms with Crippen molar-refractivity contribution in [3.63, 3.8) is 0 Å². The first-order chi connectivity index (χ1) is 10.9. The fraction of sp³-hybridized carbons (Fsp3) is 0.562. The van der Waals surface area contributed by atoms with Crippen LogP contribution in [-0.2, 0) is 9.84 Å². The van der Waals surface area contributed by atoms with Crippen molar-refractivity contribution >= 4 is 21.6 Å². The zero-order valence-corrected chi connectivity index (χ0v) is 14.2. The summed E-state index contributed by atoms with van der Waals surface area (Å²) in [7, 11) is -3.04. The van der Waals surface area contributed by atoms with Crippen LogP contribution in [0.3, 0.4) is 0 Å². The molecular formula is C16H24N2O4S. The highest BCUT2D eigenvalue weighted by Crippen LogP contribution is 2.19. The molecule has 0 atom stereocenters. The van der Waals surface area contributed by atoms with Crippen LogP contribution in [0, 0.1) is 0 Å². The van der Waals surface area contributed by atoms with E-state index in [1.807, 2.05) is 0 Å². The molecule has 1 aliphatic carbocycles. The average Bonchev–Trinajstić information content (AvgIpc) is 2.47. The lowest BCUT2D eigenvalue weighted by molar-refractivity contribution is 0.244. The number of benzene rings is 1. The fourth-order valence-corrected chi connectivity index (χ4v) is 2.96. The normalized spacial score (nSPS) is 15.9. The summed E-state index contributed by atoms with van der Waals surface area (Å²) in [6.45, 7) is 0.0938. The van der Waals surface area contributed by atoms with Crippen molar-refractivity contribution in [1.82, 2.24) is 5.32 Å². The molecule has 0 aromatic heterocycles. The van der Waals surface area contributed by atoms with Crippen molar-refractivity contribution in [1.29, 1.82) is 0 Å². The second kappa shape index (κ2) is 8.19. The van der Waals surface area contributed by atoms with E-state index < -0.39 is 9.84 Å². The molecule has 128 valence electrons. The minimum atomic E-state index is -3.04. The third-order valence-electron chi connectivity index (χ3n) is 3.76. The smallest absolute Gasteiger partial charge is 0.319 e. The minimum absolute atomic E-state index is 0.0349. The zero-order chi connectivity index (χ0) is 16.7. The minimum Gasteiger partial charge on any atom is -0.492 e. The molecular weight excluding hydrogens is 316 g/mol. The topological polar surface area (TPSA) is 84.5 Å². The van der Waals surface area contributed by atoms with Gasteiger partial charge in [-0.15, -0.1) is 0 Å². The quantitative estimate of drug-likeness (QED) is 0.833. The first-order valence-corrected chi connectivity index (χ1v) is 9.96. The van der Waals surface area contributed by atoms with Crippen molar-refractivity contribution in [2.75, 3.05) is 23.9 Å². The summed E-state index contributed by atoms with van der Waals surface area (Å²) < 4.78 is 27.6. The second-order valence-electron chi connectivity index (χ2n) is 5.94. The van der Waals surface area contributed by atoms with Crippen LogP contribution in [0.1, 0.15) is 32.1 Å². The van der Waals surface area contributed by atoms with Gasteiger partial charge < -0.3 is 15.4 Å². The van der Waals surface area contributed by atoms with E-state index in [9.17, 15) is 13.2 Å². The molecule has 1 aliphatic rings. The van der Waals surface area contributed by atoms with E-state index in [0.717, 1.165) is 25.7 Å². The van der Waals surface area contributed by atoms with Crippen LogP contribution < -0.4 is 15.4 Å². The van der Waals surface area contributed by atoms with Gasteiger partial charge in [0.1, 0.15) is 12.4 Å². The number of hydrogen-bond acceptors (Lipinski definition) is 4. The maximum Gasteiger partial charge on any atom is 0.319 e. The molecule has 0 saturated heterocycles. The van der Waals surface area contributed by atoms with Gasteiger partial charge in [-0.05, 0) is 25.0 Å². The Morgan fingerprint density at radius 3 is 2.70 bits per heavy atom. The van der Waals surface area contributed by atoms with Gasteiger partial charge in [-0.25, -0.2) is 13.2 Å². The Labute approximate surface area is 137 Å². The fourth-order valence-electron chi connectivity index (χ4n) is 2.57. The Kier molecular flexibility index (Phi) is 6.27. The van der Waals surface area contributed by atoms with Gasteiger partial charge in [0.25, 0.3) is 0 Å². The molecule has 2 N–H and O–H groups in total. The highest BCUT2D eigenvalue weighted by Gasteiger charge is 2.15. The zero-order valence-electron chi connectivity index (χ0n) is 13.4. The van der Waals surface area contributed by atoms with Crippen molar-refractivity contribution < 1.29 is 17.9 Å². The van der Waals surface area contributed by atoms with E-state index in [4.69, 9.17) is 4.74 Å². The molecule has 0 unspecified atom stereocenters. The predicted octanol–water partition coefficient (Wildman–Crippen LogP) is 2.56. The summed E-state index contributed by atoms with van der Waals surface area (Å²) >= 11 is 0. The van der Waals surface area contributed by atoms with Crippen LogP contribution in [0.25, 0.3) is 0 Å². The lowest BCUT2D eigenvalue weighted by Gasteiger charge is -2.22. The monoisotopic (exact) mass is 340 g/mol. The summed E-state index contributed by atoms with van der Waals surface area (Å²) in [6, 6.07) is 6.97. The highest BCUT2D eigenvalue weighted by molar-refractivity contribution is 7.90. The Balaban J connectivity index is 1.82. The Bertz CT molecular complexity index is 625. The van der Waals surface area contributed by atoms with Crippen molar-refractivity contribution in [3.8, 4) is 5.75 Å². The number of nitrogens with one attached hydrogen (secondary N) is 2. The van der Waals surface area contributed by atoms with E-state index in [1.54, 1.807) is 24.3 Å². The summed E-state index contributed by atoms with van der Waals surface area (Å²) in [6.07, 6.45) is 6.80. The first kappa shape index (κ1) is 17.6. The van der Waals surface area contributed by atoms with E-state index >= 15 is 0 Å². The SMILES string of the molecule is CS(=O)(=O)CCOc1cccc(NC(=O)NC2CCCCC2)c1. The number of urea groups is 1. The number of sulfone groups is 1. The van der Waals surface area contributed by atoms with Gasteiger partial charge in [-0.1, -0.05) is 25.3 Å². The first-order valence-electron chi connectivity index (χ1n) is 7.90. The Morgan fingerprint density at radius 1 is 1.26 bits per heavy atom. The van der Waals surface area contributed by atoms with Crippen LogP contribution in [-0.4, -0.2) is 39.1 Å². The van der Waals surface area contributed by atoms with Crippen molar-refractivity contribution in [2.24, 2.45) is 0 Å². The summed E-state index contributed by atoms with van der Waals surface area (Å²) in [5.41, 5.74) is 0.621. The third kappa shape index (κ3) is 6.90. The average molecular weight is 340 g/mol. The molecule has 0 heterocycles. The van der Waals surface area contributed by atoms with Gasteiger partial charge in [0.05, 0.1) is 5.75 Å². The van der Waals surface area contributed by atoms with E-state index in [2.05, 4.69) is 10.6 Å². The third-order valence-corrected chi connectivity index (χ3v) is 4.66. The van der Waals surface area contributed by atoms with Crippen LogP contribution in [0.2, 0.25) is 0 Å². The second-order valence-corrected chi connectivity index (χ2v) is 8.20. The maximum absolute atomic E-state index is 12.0. The van der Waals surface area contributed by atoms with Gasteiger partial charge in [0.15, 0.2) is 9.84 Å². The summed E-state index contributed by atoms with van der Waals surface area (Å²) in [5, 5.41) is 5.77. The number of amides is 2. The lowest BCUT2D eigenvalue weighted by Crippen LogP contribution is -2.39. The molecule has 0 aliphatic heterocycles. The molecule has 1 aromatic rings. The number of carbonyl (C=O) groups excluding carboxylic acids is 1. The molecule has 0 spiro atoms. The standard InChI is InChI=1S/C16H24N2O4S/c1-23(20,21)11-10-22-15-9-5-8-14(12-15)18-16(19)17-13-6-3-2-4-7-13/h5,8-9,12-13H,2-4,6-7,10-11H2,1H3,(H2,17,18,19). The number of ether oxygens (including phenoxy) is 1. The molecule has 2 amide bonds. The van der Waals surface area contributed by atoms with Crippen LogP contribution in [0.5, 0.6) is 5.75 Å². The van der Waals surface area contributed by atoms with E-state index in [-0.39, 0.29) is 24.4 Å². The molecule has 6 nitrogen and oxygen atoms in total. The van der Waals surface area contributed by atoms with Gasteiger partial charge >= 0.3 is 6.03 Å². The van der Waals surface area contributed by atoms with E-state index in [0.29, 0.717) is 11.4 Å². The van der Waals surface area contributed by atoms with Crippen LogP contribution in [0.4, 0.5) is 10.5 Å². The summed E-state index contributed by atoms with van der Waals surface area (Å²) in [5.74, 6) is 0.497. The van der Waals surface area contributed by atoms with Gasteiger partial charge in [-0.3, -0.25) is 0 Å². The maximum atomic E-state index is 12.0. The molecule has 1 saturated carbocycles. The highest BCUT2D eigenvalue weighted by atomic mass is 32.2. The lowest BCUT2D eigenvalue weighted by atomic mass is 9.96. The number of hydrogen-bond donors (Lipinski definition) is 2. The molecule has 7 heteroatoms. The molecule has 1 aromatic carbocycles. The molecule has 1 fully saturated rings. The molecule has 2 rings (SSSR count). The Hall–Kier alpha value is -1.76. The van der Waals surface area contributed by atoms with Gasteiger partial charge in [0, 0.05) is 24.1 Å². The van der Waals surface area contributed by atoms with Gasteiger partial charge in [0.2, 0.25) is 0 Å². The van der Waals surface area contributed by atoms with Crippen molar-refractivity contribution in [3.05, 3.63) is 24.3 Å². The van der Waals surface area contributed by atoms with Crippen molar-refractivity contribution in [2.45, 2.75) is 38.1 Å². The van der Waals surface area contributed by atoms with Crippen LogP contribution >= 0.6 is 0 Å². The molecule has 23 heavy (non-hydrogen) atoms. The van der Waals surface area contributed by atoms with Gasteiger partial charge in [-0.2, -0.15) is 0 Å². The number of carbonyl (C=O) groups is 1. The largest absolute Gasteiger partial charge is 0.492 e. The number of rotatable bonds is 6. The Morgan fingerprint density at radius 2 is 2.00 bits per heavy atom. The summed E-state index contributed by atoms with van der Waals surface area (Å²) in [4.78, 5) is 12.0. The molecule has 0 radical (unpaired) electrons. The van der Waals surface area contributed by atoms with Crippen LogP contribution in [0.15, 0.2) is 24.3 Å². The predicted molar refractivity (Wildman–Crippen MR) is 90.7 cm³/mol. The molecule has 0 bridgehead atoms. The number of anilines is 1. The van der Waals surface area contributed by atoms with E-state index in [1.165, 1.54) is 12.7 Å².